The lowest BCUT2D eigenvalue weighted by molar-refractivity contribution is -0.168. The number of aliphatic hydroxyl groups excluding tert-OH is 1. The first-order chi connectivity index (χ1) is 9.90. The Kier molecular flexibility index (Phi) is 6.59. The molecule has 1 heterocycles. The average Bonchev–Trinajstić information content (AvgIpc) is 2.51. The predicted octanol–water partition coefficient (Wildman–Crippen LogP) is 2.85. The Hall–Kier alpha value is -1.34. The molecule has 1 unspecified atom stereocenters. The molecule has 1 N–H and O–H groups in total. The Balaban J connectivity index is 1.90. The van der Waals surface area contributed by atoms with Crippen LogP contribution in [0.5, 0.6) is 0 Å². The molecule has 1 aromatic carbocycles. The van der Waals surface area contributed by atoms with Crippen LogP contribution in [0.25, 0.3) is 0 Å². The molecule has 0 radical (unpaired) electrons. The summed E-state index contributed by atoms with van der Waals surface area (Å²) in [6.07, 6.45) is 4.66. The Bertz CT molecular complexity index is 453. The lowest BCUT2D eigenvalue weighted by Crippen LogP contribution is -2.22. The van der Waals surface area contributed by atoms with Gasteiger partial charge in [-0.15, -0.1) is 0 Å². The van der Waals surface area contributed by atoms with Crippen molar-refractivity contribution in [2.24, 2.45) is 0 Å². The van der Waals surface area contributed by atoms with Crippen LogP contribution in [0.15, 0.2) is 24.3 Å². The predicted molar refractivity (Wildman–Crippen MR) is 78.0 cm³/mol. The zero-order valence-electron chi connectivity index (χ0n) is 11.8. The molecule has 3 nitrogen and oxygen atoms in total. The minimum atomic E-state index is -0.0702. The summed E-state index contributed by atoms with van der Waals surface area (Å²) in [5.74, 6) is 6.24. The summed E-state index contributed by atoms with van der Waals surface area (Å²) >= 11 is 0. The first kappa shape index (κ1) is 15.1. The largest absolute Gasteiger partial charge is 0.396 e. The number of rotatable bonds is 5. The van der Waals surface area contributed by atoms with E-state index in [9.17, 15) is 0 Å². The number of hydrogen-bond acceptors (Lipinski definition) is 3. The highest BCUT2D eigenvalue weighted by Gasteiger charge is 2.14. The smallest absolute Gasteiger partial charge is 0.158 e. The van der Waals surface area contributed by atoms with Crippen molar-refractivity contribution in [3.63, 3.8) is 0 Å². The minimum Gasteiger partial charge on any atom is -0.396 e. The van der Waals surface area contributed by atoms with E-state index in [4.69, 9.17) is 14.6 Å². The van der Waals surface area contributed by atoms with Crippen molar-refractivity contribution in [1.82, 2.24) is 0 Å². The molecule has 1 atom stereocenters. The fourth-order valence-corrected chi connectivity index (χ4v) is 2.12. The molecule has 1 saturated heterocycles. The van der Waals surface area contributed by atoms with Crippen molar-refractivity contribution in [2.75, 3.05) is 13.2 Å². The molecule has 2 rings (SSSR count). The normalized spacial score (nSPS) is 18.4. The van der Waals surface area contributed by atoms with Gasteiger partial charge in [0, 0.05) is 25.2 Å². The van der Waals surface area contributed by atoms with Crippen LogP contribution in [0.3, 0.4) is 0 Å². The Labute approximate surface area is 120 Å². The Morgan fingerprint density at radius 1 is 1.30 bits per heavy atom. The molecule has 1 fully saturated rings. The molecule has 0 saturated carbocycles. The second kappa shape index (κ2) is 8.76. The van der Waals surface area contributed by atoms with Gasteiger partial charge >= 0.3 is 0 Å². The molecule has 1 aromatic rings. The third kappa shape index (κ3) is 4.97. The maximum Gasteiger partial charge on any atom is 0.158 e. The Morgan fingerprint density at radius 2 is 2.20 bits per heavy atom. The lowest BCUT2D eigenvalue weighted by Gasteiger charge is -2.22. The number of ether oxygens (including phenoxy) is 2. The summed E-state index contributed by atoms with van der Waals surface area (Å²) < 4.78 is 11.4. The van der Waals surface area contributed by atoms with E-state index in [0.29, 0.717) is 6.61 Å². The summed E-state index contributed by atoms with van der Waals surface area (Å²) in [5, 5.41) is 8.74. The van der Waals surface area contributed by atoms with Crippen LogP contribution in [-0.4, -0.2) is 24.6 Å². The maximum atomic E-state index is 8.74. The van der Waals surface area contributed by atoms with Crippen LogP contribution < -0.4 is 0 Å². The molecule has 0 aliphatic carbocycles. The summed E-state index contributed by atoms with van der Waals surface area (Å²) in [7, 11) is 0. The maximum absolute atomic E-state index is 8.74. The molecule has 1 aliphatic heterocycles. The van der Waals surface area contributed by atoms with Crippen LogP contribution in [0.4, 0.5) is 0 Å². The third-order valence-corrected chi connectivity index (χ3v) is 3.26. The molecule has 1 aliphatic rings. The Morgan fingerprint density at radius 3 is 3.00 bits per heavy atom. The van der Waals surface area contributed by atoms with E-state index in [-0.39, 0.29) is 12.9 Å². The van der Waals surface area contributed by atoms with Gasteiger partial charge in [-0.05, 0) is 37.3 Å². The van der Waals surface area contributed by atoms with Crippen LogP contribution in [0.2, 0.25) is 0 Å². The van der Waals surface area contributed by atoms with Crippen molar-refractivity contribution in [2.45, 2.75) is 45.0 Å². The highest BCUT2D eigenvalue weighted by atomic mass is 16.7. The van der Waals surface area contributed by atoms with E-state index >= 15 is 0 Å². The molecule has 0 aromatic heterocycles. The molecule has 108 valence electrons. The second-order valence-corrected chi connectivity index (χ2v) is 4.89. The van der Waals surface area contributed by atoms with Gasteiger partial charge < -0.3 is 14.6 Å². The summed E-state index contributed by atoms with van der Waals surface area (Å²) in [6, 6.07) is 8.03. The molecule has 0 bridgehead atoms. The van der Waals surface area contributed by atoms with Gasteiger partial charge in [0.1, 0.15) is 0 Å². The molecule has 0 spiro atoms. The van der Waals surface area contributed by atoms with Crippen molar-refractivity contribution in [3.05, 3.63) is 35.4 Å². The van der Waals surface area contributed by atoms with Crippen LogP contribution in [-0.2, 0) is 16.1 Å². The van der Waals surface area contributed by atoms with Crippen molar-refractivity contribution in [1.29, 1.82) is 0 Å². The topological polar surface area (TPSA) is 38.7 Å². The first-order valence-corrected chi connectivity index (χ1v) is 7.31. The van der Waals surface area contributed by atoms with Crippen molar-refractivity contribution >= 4 is 0 Å². The molecule has 3 heteroatoms. The monoisotopic (exact) mass is 274 g/mol. The van der Waals surface area contributed by atoms with Crippen LogP contribution in [0, 0.1) is 11.8 Å². The second-order valence-electron chi connectivity index (χ2n) is 4.89. The highest BCUT2D eigenvalue weighted by Crippen LogP contribution is 2.17. The third-order valence-electron chi connectivity index (χ3n) is 3.26. The fourth-order valence-electron chi connectivity index (χ4n) is 2.12. The SMILES string of the molecule is OCCCC#Cc1ccccc1COC1CCCCO1. The first-order valence-electron chi connectivity index (χ1n) is 7.31. The molecular formula is C17H22O3. The van der Waals surface area contributed by atoms with Gasteiger partial charge in [0.25, 0.3) is 0 Å². The molecule has 0 amide bonds. The van der Waals surface area contributed by atoms with E-state index < -0.39 is 0 Å². The van der Waals surface area contributed by atoms with Gasteiger partial charge in [0.05, 0.1) is 6.61 Å². The van der Waals surface area contributed by atoms with Gasteiger partial charge in [-0.2, -0.15) is 0 Å². The number of aliphatic hydroxyl groups is 1. The van der Waals surface area contributed by atoms with Gasteiger partial charge in [0.15, 0.2) is 6.29 Å². The van der Waals surface area contributed by atoms with Gasteiger partial charge in [-0.1, -0.05) is 30.0 Å². The number of unbranched alkanes of at least 4 members (excludes halogenated alkanes) is 1. The van der Waals surface area contributed by atoms with Crippen LogP contribution in [0.1, 0.15) is 43.2 Å². The van der Waals surface area contributed by atoms with E-state index in [1.807, 2.05) is 24.3 Å². The fraction of sp³-hybridized carbons (Fsp3) is 0.529. The average molecular weight is 274 g/mol. The van der Waals surface area contributed by atoms with E-state index in [0.717, 1.165) is 43.4 Å². The van der Waals surface area contributed by atoms with Crippen molar-refractivity contribution in [3.8, 4) is 11.8 Å². The summed E-state index contributed by atoms with van der Waals surface area (Å²) in [4.78, 5) is 0. The van der Waals surface area contributed by atoms with Gasteiger partial charge in [0.2, 0.25) is 0 Å². The quantitative estimate of drug-likeness (QED) is 0.663. The van der Waals surface area contributed by atoms with E-state index in [2.05, 4.69) is 11.8 Å². The zero-order valence-corrected chi connectivity index (χ0v) is 11.8. The molecule has 20 heavy (non-hydrogen) atoms. The highest BCUT2D eigenvalue weighted by molar-refractivity contribution is 5.40. The number of hydrogen-bond donors (Lipinski definition) is 1. The molecular weight excluding hydrogens is 252 g/mol. The minimum absolute atomic E-state index is 0.0702. The van der Waals surface area contributed by atoms with Gasteiger partial charge in [-0.25, -0.2) is 0 Å². The van der Waals surface area contributed by atoms with Gasteiger partial charge in [-0.3, -0.25) is 0 Å². The standard InChI is InChI=1S/C17H22O3/c18-12-6-1-2-8-15-9-3-4-10-16(15)14-20-17-11-5-7-13-19-17/h3-4,9-10,17-18H,1,5-7,11-14H2. The van der Waals surface area contributed by atoms with E-state index in [1.54, 1.807) is 0 Å². The van der Waals surface area contributed by atoms with Crippen molar-refractivity contribution < 1.29 is 14.6 Å². The zero-order chi connectivity index (χ0) is 14.0. The lowest BCUT2D eigenvalue weighted by atomic mass is 10.1. The van der Waals surface area contributed by atoms with E-state index in [1.165, 1.54) is 6.42 Å². The summed E-state index contributed by atoms with van der Waals surface area (Å²) in [6.45, 7) is 1.53. The van der Waals surface area contributed by atoms with Crippen LogP contribution >= 0.6 is 0 Å². The number of benzene rings is 1. The summed E-state index contributed by atoms with van der Waals surface area (Å²) in [5.41, 5.74) is 2.10.